The molecule has 0 fully saturated rings. The van der Waals surface area contributed by atoms with Gasteiger partial charge in [0.2, 0.25) is 5.91 Å². The van der Waals surface area contributed by atoms with E-state index in [1.807, 2.05) is 37.3 Å². The fourth-order valence-corrected chi connectivity index (χ4v) is 5.12. The molecule has 1 aliphatic heterocycles. The lowest BCUT2D eigenvalue weighted by Crippen LogP contribution is -2.29. The lowest BCUT2D eigenvalue weighted by atomic mass is 10.0. The lowest BCUT2D eigenvalue weighted by molar-refractivity contribution is -0.115. The van der Waals surface area contributed by atoms with Crippen molar-refractivity contribution in [2.75, 3.05) is 18.5 Å². The molecule has 3 aromatic rings. The van der Waals surface area contributed by atoms with Gasteiger partial charge in [-0.15, -0.1) is 11.3 Å². The van der Waals surface area contributed by atoms with Crippen molar-refractivity contribution in [1.29, 1.82) is 5.26 Å². The number of nitriles is 1. The van der Waals surface area contributed by atoms with Crippen LogP contribution in [0.15, 0.2) is 54.6 Å². The van der Waals surface area contributed by atoms with Crippen molar-refractivity contribution in [1.82, 2.24) is 4.90 Å². The second-order valence-electron chi connectivity index (χ2n) is 7.57. The molecule has 0 unspecified atom stereocenters. The summed E-state index contributed by atoms with van der Waals surface area (Å²) < 4.78 is 5.45. The molecule has 31 heavy (non-hydrogen) atoms. The summed E-state index contributed by atoms with van der Waals surface area (Å²) in [5.41, 5.74) is 3.91. The lowest BCUT2D eigenvalue weighted by Gasteiger charge is -2.26. The second kappa shape index (κ2) is 9.78. The Kier molecular flexibility index (Phi) is 6.66. The highest BCUT2D eigenvalue weighted by atomic mass is 32.1. The topological polar surface area (TPSA) is 65.4 Å². The van der Waals surface area contributed by atoms with Gasteiger partial charge in [0.1, 0.15) is 16.8 Å². The molecule has 158 valence electrons. The van der Waals surface area contributed by atoms with Gasteiger partial charge >= 0.3 is 0 Å². The Bertz CT molecular complexity index is 1080. The van der Waals surface area contributed by atoms with E-state index in [9.17, 15) is 10.1 Å². The number of fused-ring (bicyclic) bond motifs is 1. The van der Waals surface area contributed by atoms with Crippen LogP contribution in [0.4, 0.5) is 5.00 Å². The molecule has 6 heteroatoms. The quantitative estimate of drug-likeness (QED) is 0.586. The number of ether oxygens (including phenoxy) is 1. The molecule has 0 aliphatic carbocycles. The summed E-state index contributed by atoms with van der Waals surface area (Å²) in [5.74, 6) is 0.685. The van der Waals surface area contributed by atoms with E-state index in [1.165, 1.54) is 21.8 Å². The van der Waals surface area contributed by atoms with Crippen LogP contribution in [0, 0.1) is 11.3 Å². The molecular weight excluding hydrogens is 406 g/mol. The van der Waals surface area contributed by atoms with E-state index >= 15 is 0 Å². The van der Waals surface area contributed by atoms with Crippen molar-refractivity contribution in [3.8, 4) is 11.8 Å². The zero-order valence-electron chi connectivity index (χ0n) is 17.6. The Morgan fingerprint density at radius 3 is 2.65 bits per heavy atom. The third-order valence-corrected chi connectivity index (χ3v) is 6.48. The normalized spacial score (nSPS) is 13.3. The van der Waals surface area contributed by atoms with Crippen LogP contribution in [0.25, 0.3) is 0 Å². The van der Waals surface area contributed by atoms with Crippen LogP contribution in [0.1, 0.15) is 34.1 Å². The average Bonchev–Trinajstić information content (AvgIpc) is 3.12. The zero-order chi connectivity index (χ0) is 21.6. The molecular formula is C25H25N3O2S. The van der Waals surface area contributed by atoms with Gasteiger partial charge in [0.05, 0.1) is 18.6 Å². The first kappa shape index (κ1) is 21.1. The van der Waals surface area contributed by atoms with Crippen LogP contribution in [0.3, 0.4) is 0 Å². The van der Waals surface area contributed by atoms with Gasteiger partial charge in [0.25, 0.3) is 0 Å². The maximum atomic E-state index is 12.6. The highest BCUT2D eigenvalue weighted by molar-refractivity contribution is 7.16. The standard InChI is InChI=1S/C25H25N3O2S/c1-2-30-20-10-8-18(9-11-20)14-24(29)27-25-22(15-26)21-12-13-28(17-23(21)31-25)16-19-6-4-3-5-7-19/h3-11H,2,12-14,16-17H2,1H3,(H,27,29). The predicted molar refractivity (Wildman–Crippen MR) is 123 cm³/mol. The number of benzene rings is 2. The predicted octanol–water partition coefficient (Wildman–Crippen LogP) is 4.76. The van der Waals surface area contributed by atoms with Crippen molar-refractivity contribution in [3.63, 3.8) is 0 Å². The van der Waals surface area contributed by atoms with Gasteiger partial charge in [0, 0.05) is 24.5 Å². The monoisotopic (exact) mass is 431 g/mol. The van der Waals surface area contributed by atoms with Gasteiger partial charge in [0.15, 0.2) is 0 Å². The van der Waals surface area contributed by atoms with Gasteiger partial charge in [-0.05, 0) is 42.2 Å². The van der Waals surface area contributed by atoms with E-state index in [1.54, 1.807) is 0 Å². The van der Waals surface area contributed by atoms with E-state index in [4.69, 9.17) is 4.74 Å². The fraction of sp³-hybridized carbons (Fsp3) is 0.280. The smallest absolute Gasteiger partial charge is 0.229 e. The highest BCUT2D eigenvalue weighted by Gasteiger charge is 2.25. The summed E-state index contributed by atoms with van der Waals surface area (Å²) in [4.78, 5) is 16.2. The Balaban J connectivity index is 1.42. The van der Waals surface area contributed by atoms with Crippen LogP contribution < -0.4 is 10.1 Å². The van der Waals surface area contributed by atoms with Crippen LogP contribution in [-0.4, -0.2) is 24.0 Å². The first-order valence-corrected chi connectivity index (χ1v) is 11.3. The number of hydrogen-bond donors (Lipinski definition) is 1. The number of anilines is 1. The average molecular weight is 432 g/mol. The van der Waals surface area contributed by atoms with Crippen LogP contribution in [0.2, 0.25) is 0 Å². The number of nitrogens with one attached hydrogen (secondary N) is 1. The minimum absolute atomic E-state index is 0.111. The maximum Gasteiger partial charge on any atom is 0.229 e. The summed E-state index contributed by atoms with van der Waals surface area (Å²) in [6, 6.07) is 20.3. The number of carbonyl (C=O) groups is 1. The molecule has 0 saturated carbocycles. The fourth-order valence-electron chi connectivity index (χ4n) is 3.87. The van der Waals surface area contributed by atoms with Gasteiger partial charge in [-0.3, -0.25) is 9.69 Å². The third-order valence-electron chi connectivity index (χ3n) is 5.35. The highest BCUT2D eigenvalue weighted by Crippen LogP contribution is 2.37. The molecule has 0 saturated heterocycles. The van der Waals surface area contributed by atoms with E-state index in [2.05, 4.69) is 40.6 Å². The molecule has 1 N–H and O–H groups in total. The summed E-state index contributed by atoms with van der Waals surface area (Å²) >= 11 is 1.53. The number of carbonyl (C=O) groups excluding carboxylic acids is 1. The molecule has 0 radical (unpaired) electrons. The molecule has 2 heterocycles. The van der Waals surface area contributed by atoms with Gasteiger partial charge < -0.3 is 10.1 Å². The van der Waals surface area contributed by atoms with E-state index < -0.39 is 0 Å². The first-order chi connectivity index (χ1) is 15.2. The van der Waals surface area contributed by atoms with Crippen molar-refractivity contribution < 1.29 is 9.53 Å². The maximum absolute atomic E-state index is 12.6. The van der Waals surface area contributed by atoms with Crippen LogP contribution >= 0.6 is 11.3 Å². The minimum Gasteiger partial charge on any atom is -0.494 e. The van der Waals surface area contributed by atoms with Gasteiger partial charge in [-0.25, -0.2) is 0 Å². The third kappa shape index (κ3) is 5.13. The molecule has 4 rings (SSSR count). The van der Waals surface area contributed by atoms with Crippen molar-refractivity contribution >= 4 is 22.2 Å². The molecule has 1 aliphatic rings. The van der Waals surface area contributed by atoms with Crippen LogP contribution in [0.5, 0.6) is 5.75 Å². The summed E-state index contributed by atoms with van der Waals surface area (Å²) in [5, 5.41) is 13.4. The van der Waals surface area contributed by atoms with Gasteiger partial charge in [-0.1, -0.05) is 42.5 Å². The van der Waals surface area contributed by atoms with E-state index in [0.29, 0.717) is 17.2 Å². The Labute approximate surface area is 186 Å². The number of thiophene rings is 1. The van der Waals surface area contributed by atoms with E-state index in [0.717, 1.165) is 42.9 Å². The Morgan fingerprint density at radius 2 is 1.94 bits per heavy atom. The number of rotatable bonds is 7. The molecule has 0 atom stereocenters. The zero-order valence-corrected chi connectivity index (χ0v) is 18.4. The largest absolute Gasteiger partial charge is 0.494 e. The SMILES string of the molecule is CCOc1ccc(CC(=O)Nc2sc3c(c2C#N)CCN(Cc2ccccc2)C3)cc1. The molecule has 5 nitrogen and oxygen atoms in total. The molecule has 1 amide bonds. The van der Waals surface area contributed by atoms with Crippen LogP contribution in [-0.2, 0) is 30.7 Å². The summed E-state index contributed by atoms with van der Waals surface area (Å²) in [7, 11) is 0. The number of hydrogen-bond acceptors (Lipinski definition) is 5. The summed E-state index contributed by atoms with van der Waals surface area (Å²) in [6.07, 6.45) is 1.09. The molecule has 0 spiro atoms. The number of amides is 1. The van der Waals surface area contributed by atoms with Crippen molar-refractivity contribution in [2.24, 2.45) is 0 Å². The first-order valence-electron chi connectivity index (χ1n) is 10.5. The molecule has 1 aromatic heterocycles. The van der Waals surface area contributed by atoms with Gasteiger partial charge in [-0.2, -0.15) is 5.26 Å². The second-order valence-corrected chi connectivity index (χ2v) is 8.67. The van der Waals surface area contributed by atoms with Crippen molar-refractivity contribution in [3.05, 3.63) is 81.7 Å². The molecule has 2 aromatic carbocycles. The Morgan fingerprint density at radius 1 is 1.16 bits per heavy atom. The number of nitrogens with zero attached hydrogens (tertiary/aromatic N) is 2. The summed E-state index contributed by atoms with van der Waals surface area (Å²) in [6.45, 7) is 5.16. The van der Waals surface area contributed by atoms with E-state index in [-0.39, 0.29) is 12.3 Å². The van der Waals surface area contributed by atoms with Crippen molar-refractivity contribution in [2.45, 2.75) is 32.9 Å². The minimum atomic E-state index is -0.111. The Hall–Kier alpha value is -3.14. The molecule has 0 bridgehead atoms.